The molecule has 10 nitrogen and oxygen atoms in total. The highest BCUT2D eigenvalue weighted by Gasteiger charge is 2.38. The smallest absolute Gasteiger partial charge is 0.480 e. The zero-order valence-corrected chi connectivity index (χ0v) is 20.9. The first-order valence-corrected chi connectivity index (χ1v) is 12.1. The predicted octanol–water partition coefficient (Wildman–Crippen LogP) is 2.68. The van der Waals surface area contributed by atoms with Crippen molar-refractivity contribution >= 4 is 17.8 Å². The van der Waals surface area contributed by atoms with E-state index in [4.69, 9.17) is 14.6 Å². The minimum Gasteiger partial charge on any atom is -0.480 e. The monoisotopic (exact) mass is 545 g/mol. The summed E-state index contributed by atoms with van der Waals surface area (Å²) in [6.07, 6.45) is 0.563. The molecular weight excluding hydrogens is 519 g/mol. The second-order valence-electron chi connectivity index (χ2n) is 9.03. The van der Waals surface area contributed by atoms with Gasteiger partial charge in [0.2, 0.25) is 5.91 Å². The number of carbonyl (C=O) groups is 3. The van der Waals surface area contributed by atoms with Crippen molar-refractivity contribution in [2.45, 2.75) is 51.2 Å². The standard InChI is InChI=1S/C24H25N5O3.C2HF3O2/c1-16-23-27-19(12-22(30)26-14-17-5-4-8-25-13-17)15-28(23)9-10-29(16)24(31)21-11-18-6-2-3-7-20(18)32-21;3-2(4,5)1(6)7/h2-8,13,15-16,21H,9-12,14H2,1H3,(H,26,30);(H,6,7). The predicted molar refractivity (Wildman–Crippen MR) is 130 cm³/mol. The van der Waals surface area contributed by atoms with Crippen LogP contribution < -0.4 is 10.1 Å². The van der Waals surface area contributed by atoms with Crippen LogP contribution in [0.5, 0.6) is 5.75 Å². The molecule has 2 aliphatic heterocycles. The van der Waals surface area contributed by atoms with Crippen LogP contribution in [0, 0.1) is 0 Å². The number of ether oxygens (including phenoxy) is 1. The first-order chi connectivity index (χ1) is 18.5. The van der Waals surface area contributed by atoms with E-state index in [-0.39, 0.29) is 24.3 Å². The Morgan fingerprint density at radius 2 is 1.90 bits per heavy atom. The van der Waals surface area contributed by atoms with Crippen molar-refractivity contribution in [2.75, 3.05) is 6.54 Å². The van der Waals surface area contributed by atoms with E-state index in [1.807, 2.05) is 59.0 Å². The lowest BCUT2D eigenvalue weighted by Crippen LogP contribution is -2.47. The number of para-hydroxylation sites is 1. The molecule has 2 unspecified atom stereocenters. The molecule has 206 valence electrons. The molecule has 2 amide bonds. The summed E-state index contributed by atoms with van der Waals surface area (Å²) in [5, 5.41) is 10.0. The van der Waals surface area contributed by atoms with Gasteiger partial charge in [-0.3, -0.25) is 14.6 Å². The number of aliphatic carboxylic acids is 1. The fraction of sp³-hybridized carbons (Fsp3) is 0.346. The molecule has 0 saturated heterocycles. The average molecular weight is 546 g/mol. The summed E-state index contributed by atoms with van der Waals surface area (Å²) in [7, 11) is 0. The number of amides is 2. The van der Waals surface area contributed by atoms with Crippen LogP contribution in [-0.2, 0) is 40.3 Å². The number of imidazole rings is 1. The number of hydrogen-bond donors (Lipinski definition) is 2. The molecular formula is C26H26F3N5O5. The number of hydrogen-bond acceptors (Lipinski definition) is 6. The first kappa shape index (κ1) is 27.6. The third-order valence-corrected chi connectivity index (χ3v) is 6.28. The van der Waals surface area contributed by atoms with Crippen molar-refractivity contribution in [1.82, 2.24) is 24.8 Å². The van der Waals surface area contributed by atoms with Crippen molar-refractivity contribution in [3.05, 3.63) is 77.6 Å². The fourth-order valence-electron chi connectivity index (χ4n) is 4.37. The summed E-state index contributed by atoms with van der Waals surface area (Å²) in [5.41, 5.74) is 2.72. The highest BCUT2D eigenvalue weighted by atomic mass is 19.4. The topological polar surface area (TPSA) is 127 Å². The highest BCUT2D eigenvalue weighted by Crippen LogP contribution is 2.32. The number of rotatable bonds is 5. The Bertz CT molecular complexity index is 1320. The van der Waals surface area contributed by atoms with Crippen LogP contribution >= 0.6 is 0 Å². The Morgan fingerprint density at radius 3 is 2.56 bits per heavy atom. The van der Waals surface area contributed by atoms with Crippen molar-refractivity contribution in [1.29, 1.82) is 0 Å². The van der Waals surface area contributed by atoms with Gasteiger partial charge in [-0.25, -0.2) is 9.78 Å². The van der Waals surface area contributed by atoms with Gasteiger partial charge in [-0.05, 0) is 30.2 Å². The average Bonchev–Trinajstić information content (AvgIpc) is 3.52. The summed E-state index contributed by atoms with van der Waals surface area (Å²) >= 11 is 0. The van der Waals surface area contributed by atoms with E-state index in [1.165, 1.54) is 0 Å². The Labute approximate surface area is 221 Å². The van der Waals surface area contributed by atoms with Gasteiger partial charge in [-0.2, -0.15) is 13.2 Å². The molecule has 39 heavy (non-hydrogen) atoms. The Morgan fingerprint density at radius 1 is 1.15 bits per heavy atom. The number of nitrogens with zero attached hydrogens (tertiary/aromatic N) is 4. The molecule has 4 heterocycles. The normalized spacial score (nSPS) is 17.7. The summed E-state index contributed by atoms with van der Waals surface area (Å²) in [5.74, 6) is -1.28. The van der Waals surface area contributed by atoms with Gasteiger partial charge in [0.15, 0.2) is 6.10 Å². The van der Waals surface area contributed by atoms with E-state index < -0.39 is 18.2 Å². The van der Waals surface area contributed by atoms with Gasteiger partial charge in [0.25, 0.3) is 5.91 Å². The molecule has 0 bridgehead atoms. The third kappa shape index (κ3) is 6.72. The van der Waals surface area contributed by atoms with Crippen LogP contribution in [0.4, 0.5) is 13.2 Å². The molecule has 0 aliphatic carbocycles. The second-order valence-corrected chi connectivity index (χ2v) is 9.03. The zero-order valence-electron chi connectivity index (χ0n) is 20.9. The number of carboxylic acids is 1. The number of halogens is 3. The minimum atomic E-state index is -5.08. The molecule has 1 aromatic carbocycles. The molecule has 0 saturated carbocycles. The van der Waals surface area contributed by atoms with Crippen molar-refractivity contribution in [2.24, 2.45) is 0 Å². The van der Waals surface area contributed by atoms with Crippen LogP contribution in [-0.4, -0.2) is 61.2 Å². The second kappa shape index (κ2) is 11.5. The van der Waals surface area contributed by atoms with Gasteiger partial charge in [0.1, 0.15) is 11.6 Å². The Hall–Kier alpha value is -4.42. The number of carboxylic acid groups (broad SMARTS) is 1. The minimum absolute atomic E-state index is 0.0151. The highest BCUT2D eigenvalue weighted by molar-refractivity contribution is 5.83. The van der Waals surface area contributed by atoms with E-state index in [0.29, 0.717) is 31.7 Å². The quantitative estimate of drug-likeness (QED) is 0.505. The Balaban J connectivity index is 0.000000448. The van der Waals surface area contributed by atoms with Gasteiger partial charge in [-0.1, -0.05) is 24.3 Å². The third-order valence-electron chi connectivity index (χ3n) is 6.28. The number of carbonyl (C=O) groups excluding carboxylic acids is 2. The van der Waals surface area contributed by atoms with E-state index in [0.717, 1.165) is 22.7 Å². The van der Waals surface area contributed by atoms with Gasteiger partial charge >= 0.3 is 12.1 Å². The summed E-state index contributed by atoms with van der Waals surface area (Å²) < 4.78 is 39.7. The van der Waals surface area contributed by atoms with Gasteiger partial charge in [0, 0.05) is 44.6 Å². The maximum atomic E-state index is 13.2. The largest absolute Gasteiger partial charge is 0.490 e. The molecule has 13 heteroatoms. The molecule has 2 N–H and O–H groups in total. The maximum Gasteiger partial charge on any atom is 0.490 e. The lowest BCUT2D eigenvalue weighted by molar-refractivity contribution is -0.192. The number of nitrogens with one attached hydrogen (secondary N) is 1. The number of fused-ring (bicyclic) bond motifs is 2. The van der Waals surface area contributed by atoms with Crippen LogP contribution in [0.3, 0.4) is 0 Å². The first-order valence-electron chi connectivity index (χ1n) is 12.1. The van der Waals surface area contributed by atoms with E-state index in [2.05, 4.69) is 15.3 Å². The summed E-state index contributed by atoms with van der Waals surface area (Å²) in [6, 6.07) is 11.4. The van der Waals surface area contributed by atoms with Crippen LogP contribution in [0.25, 0.3) is 0 Å². The van der Waals surface area contributed by atoms with Gasteiger partial charge < -0.3 is 24.6 Å². The number of alkyl halides is 3. The SMILES string of the molecule is CC1c2nc(CC(=O)NCc3cccnc3)cn2CCN1C(=O)C1Cc2ccccc2O1.O=C(O)C(F)(F)F. The molecule has 2 aliphatic rings. The fourth-order valence-corrected chi connectivity index (χ4v) is 4.37. The number of pyridine rings is 1. The number of benzene rings is 1. The van der Waals surface area contributed by atoms with Crippen LogP contribution in [0.15, 0.2) is 55.0 Å². The van der Waals surface area contributed by atoms with Crippen molar-refractivity contribution < 1.29 is 37.4 Å². The van der Waals surface area contributed by atoms with Crippen LogP contribution in [0.2, 0.25) is 0 Å². The van der Waals surface area contributed by atoms with Crippen LogP contribution in [0.1, 0.15) is 35.6 Å². The molecule has 2 atom stereocenters. The van der Waals surface area contributed by atoms with Crippen molar-refractivity contribution in [3.63, 3.8) is 0 Å². The molecule has 5 rings (SSSR count). The lowest BCUT2D eigenvalue weighted by Gasteiger charge is -2.35. The molecule has 0 spiro atoms. The molecule has 3 aromatic rings. The van der Waals surface area contributed by atoms with Gasteiger partial charge in [-0.15, -0.1) is 0 Å². The summed E-state index contributed by atoms with van der Waals surface area (Å²) in [6.45, 7) is 3.65. The maximum absolute atomic E-state index is 13.2. The summed E-state index contributed by atoms with van der Waals surface area (Å²) in [4.78, 5) is 45.0. The number of aromatic nitrogens is 3. The lowest BCUT2D eigenvalue weighted by atomic mass is 10.1. The van der Waals surface area contributed by atoms with E-state index in [9.17, 15) is 22.8 Å². The van der Waals surface area contributed by atoms with Crippen molar-refractivity contribution in [3.8, 4) is 5.75 Å². The Kier molecular flexibility index (Phi) is 8.17. The zero-order chi connectivity index (χ0) is 28.2. The molecule has 2 aromatic heterocycles. The molecule has 0 fully saturated rings. The molecule has 0 radical (unpaired) electrons. The van der Waals surface area contributed by atoms with E-state index in [1.54, 1.807) is 12.4 Å². The van der Waals surface area contributed by atoms with E-state index >= 15 is 0 Å². The van der Waals surface area contributed by atoms with Gasteiger partial charge in [0.05, 0.1) is 18.2 Å².